The molecule has 1 heterocycles. The summed E-state index contributed by atoms with van der Waals surface area (Å²) < 4.78 is 2.09. The van der Waals surface area contributed by atoms with Gasteiger partial charge in [-0.05, 0) is 19.1 Å². The molecule has 0 bridgehead atoms. The van der Waals surface area contributed by atoms with Crippen molar-refractivity contribution in [2.75, 3.05) is 6.26 Å². The molecule has 2 aromatic rings. The highest BCUT2D eigenvalue weighted by Gasteiger charge is 2.26. The lowest BCUT2D eigenvalue weighted by atomic mass is 9.95. The van der Waals surface area contributed by atoms with E-state index in [1.165, 1.54) is 25.7 Å². The highest BCUT2D eigenvalue weighted by molar-refractivity contribution is 7.99. The minimum atomic E-state index is 0.508. The second kappa shape index (κ2) is 5.78. The summed E-state index contributed by atoms with van der Waals surface area (Å²) in [5.41, 5.74) is 2.12. The van der Waals surface area contributed by atoms with Crippen LogP contribution in [-0.2, 0) is 0 Å². The van der Waals surface area contributed by atoms with Gasteiger partial charge >= 0.3 is 0 Å². The molecule has 1 fully saturated rings. The fourth-order valence-corrected chi connectivity index (χ4v) is 3.81. The summed E-state index contributed by atoms with van der Waals surface area (Å²) in [5.74, 6) is 0. The Morgan fingerprint density at radius 1 is 1.16 bits per heavy atom. The molecule has 3 nitrogen and oxygen atoms in total. The third kappa shape index (κ3) is 2.68. The number of hydrogen-bond acceptors (Lipinski definition) is 3. The average Bonchev–Trinajstić information content (AvgIpc) is 2.98. The molecule has 2 atom stereocenters. The Morgan fingerprint density at radius 2 is 1.95 bits per heavy atom. The predicted molar refractivity (Wildman–Crippen MR) is 80.3 cm³/mol. The highest BCUT2D eigenvalue weighted by atomic mass is 32.2. The van der Waals surface area contributed by atoms with Crippen LogP contribution in [0.1, 0.15) is 31.7 Å². The first kappa shape index (κ1) is 12.7. The molecule has 100 valence electrons. The first-order chi connectivity index (χ1) is 9.38. The predicted octanol–water partition coefficient (Wildman–Crippen LogP) is 3.79. The zero-order valence-electron chi connectivity index (χ0n) is 11.2. The molecule has 4 heteroatoms. The fourth-order valence-electron chi connectivity index (χ4n) is 2.83. The van der Waals surface area contributed by atoms with Gasteiger partial charge in [0.25, 0.3) is 0 Å². The third-order valence-electron chi connectivity index (χ3n) is 3.89. The van der Waals surface area contributed by atoms with Gasteiger partial charge in [-0.1, -0.05) is 48.4 Å². The second-order valence-electron chi connectivity index (χ2n) is 5.08. The molecule has 3 rings (SSSR count). The van der Waals surface area contributed by atoms with Crippen LogP contribution in [0.2, 0.25) is 0 Å². The van der Waals surface area contributed by atoms with E-state index in [1.807, 2.05) is 30.0 Å². The van der Waals surface area contributed by atoms with Gasteiger partial charge in [0.1, 0.15) is 5.69 Å². The van der Waals surface area contributed by atoms with E-state index < -0.39 is 0 Å². The van der Waals surface area contributed by atoms with Gasteiger partial charge in [0, 0.05) is 10.8 Å². The number of hydrogen-bond donors (Lipinski definition) is 0. The summed E-state index contributed by atoms with van der Waals surface area (Å²) in [6, 6.07) is 10.8. The molecule has 0 aliphatic heterocycles. The Labute approximate surface area is 118 Å². The Hall–Kier alpha value is -1.29. The SMILES string of the molecule is CS[C@@H]1CCCC[C@H]1n1cc(-c2ccccc2)nn1. The standard InChI is InChI=1S/C15H19N3S/c1-19-15-10-6-5-9-14(15)18-11-13(16-17-18)12-7-3-2-4-8-12/h2-4,7-8,11,14-15H,5-6,9-10H2,1H3/t14-,15-/m1/s1. The molecule has 1 aromatic heterocycles. The summed E-state index contributed by atoms with van der Waals surface area (Å²) >= 11 is 1.97. The van der Waals surface area contributed by atoms with Crippen molar-refractivity contribution >= 4 is 11.8 Å². The zero-order chi connectivity index (χ0) is 13.1. The van der Waals surface area contributed by atoms with Crippen molar-refractivity contribution in [2.45, 2.75) is 37.0 Å². The van der Waals surface area contributed by atoms with Gasteiger partial charge in [0.2, 0.25) is 0 Å². The zero-order valence-corrected chi connectivity index (χ0v) is 12.0. The second-order valence-corrected chi connectivity index (χ2v) is 6.15. The largest absolute Gasteiger partial charge is 0.248 e. The van der Waals surface area contributed by atoms with E-state index in [2.05, 4.69) is 39.6 Å². The summed E-state index contributed by atoms with van der Waals surface area (Å²) in [6.45, 7) is 0. The van der Waals surface area contributed by atoms with Crippen LogP contribution >= 0.6 is 11.8 Å². The monoisotopic (exact) mass is 273 g/mol. The van der Waals surface area contributed by atoms with E-state index in [4.69, 9.17) is 0 Å². The third-order valence-corrected chi connectivity index (χ3v) is 5.05. The molecule has 0 unspecified atom stereocenters. The highest BCUT2D eigenvalue weighted by Crippen LogP contribution is 2.35. The van der Waals surface area contributed by atoms with E-state index >= 15 is 0 Å². The molecular weight excluding hydrogens is 254 g/mol. The van der Waals surface area contributed by atoms with Crippen LogP contribution in [0.25, 0.3) is 11.3 Å². The lowest BCUT2D eigenvalue weighted by Gasteiger charge is -2.29. The van der Waals surface area contributed by atoms with E-state index in [9.17, 15) is 0 Å². The van der Waals surface area contributed by atoms with Crippen molar-refractivity contribution in [3.8, 4) is 11.3 Å². The number of aromatic nitrogens is 3. The van der Waals surface area contributed by atoms with Gasteiger partial charge in [-0.3, -0.25) is 0 Å². The van der Waals surface area contributed by atoms with Crippen molar-refractivity contribution < 1.29 is 0 Å². The van der Waals surface area contributed by atoms with Crippen LogP contribution in [-0.4, -0.2) is 26.5 Å². The molecule has 0 N–H and O–H groups in total. The fraction of sp³-hybridized carbons (Fsp3) is 0.467. The van der Waals surface area contributed by atoms with E-state index in [0.29, 0.717) is 11.3 Å². The molecule has 0 radical (unpaired) electrons. The van der Waals surface area contributed by atoms with E-state index in [-0.39, 0.29) is 0 Å². The topological polar surface area (TPSA) is 30.7 Å². The average molecular weight is 273 g/mol. The molecule has 1 aliphatic rings. The number of thioether (sulfide) groups is 1. The molecular formula is C15H19N3S. The van der Waals surface area contributed by atoms with Gasteiger partial charge in [-0.2, -0.15) is 11.8 Å². The maximum absolute atomic E-state index is 4.37. The van der Waals surface area contributed by atoms with Gasteiger partial charge in [-0.15, -0.1) is 5.10 Å². The van der Waals surface area contributed by atoms with E-state index in [0.717, 1.165) is 11.3 Å². The quantitative estimate of drug-likeness (QED) is 0.852. The normalized spacial score (nSPS) is 23.4. The van der Waals surface area contributed by atoms with Gasteiger partial charge in [-0.25, -0.2) is 4.68 Å². The first-order valence-corrected chi connectivity index (χ1v) is 8.17. The van der Waals surface area contributed by atoms with Crippen LogP contribution in [0.5, 0.6) is 0 Å². The number of benzene rings is 1. The lowest BCUT2D eigenvalue weighted by Crippen LogP contribution is -2.25. The van der Waals surface area contributed by atoms with Crippen molar-refractivity contribution in [3.63, 3.8) is 0 Å². The minimum absolute atomic E-state index is 0.508. The van der Waals surface area contributed by atoms with Crippen molar-refractivity contribution in [3.05, 3.63) is 36.5 Å². The summed E-state index contributed by atoms with van der Waals surface area (Å²) in [6.07, 6.45) is 9.49. The molecule has 1 aromatic carbocycles. The van der Waals surface area contributed by atoms with Crippen molar-refractivity contribution in [1.29, 1.82) is 0 Å². The Morgan fingerprint density at radius 3 is 2.74 bits per heavy atom. The van der Waals surface area contributed by atoms with Crippen LogP contribution in [0.4, 0.5) is 0 Å². The van der Waals surface area contributed by atoms with E-state index in [1.54, 1.807) is 0 Å². The van der Waals surface area contributed by atoms with Gasteiger partial charge in [0.15, 0.2) is 0 Å². The maximum atomic E-state index is 4.37. The Kier molecular flexibility index (Phi) is 3.87. The number of rotatable bonds is 3. The Bertz CT molecular complexity index is 523. The summed E-state index contributed by atoms with van der Waals surface area (Å²) in [7, 11) is 0. The Balaban J connectivity index is 1.84. The van der Waals surface area contributed by atoms with Crippen LogP contribution in [0, 0.1) is 0 Å². The van der Waals surface area contributed by atoms with Crippen LogP contribution in [0.3, 0.4) is 0 Å². The molecule has 1 aliphatic carbocycles. The summed E-state index contributed by atoms with van der Waals surface area (Å²) in [4.78, 5) is 0. The lowest BCUT2D eigenvalue weighted by molar-refractivity contribution is 0.334. The molecule has 19 heavy (non-hydrogen) atoms. The van der Waals surface area contributed by atoms with Gasteiger partial charge in [0.05, 0.1) is 12.2 Å². The maximum Gasteiger partial charge on any atom is 0.113 e. The van der Waals surface area contributed by atoms with Crippen LogP contribution in [0.15, 0.2) is 36.5 Å². The van der Waals surface area contributed by atoms with Crippen LogP contribution < -0.4 is 0 Å². The smallest absolute Gasteiger partial charge is 0.113 e. The first-order valence-electron chi connectivity index (χ1n) is 6.88. The van der Waals surface area contributed by atoms with Crippen molar-refractivity contribution in [1.82, 2.24) is 15.0 Å². The molecule has 0 spiro atoms. The summed E-state index contributed by atoms with van der Waals surface area (Å²) in [5, 5.41) is 9.38. The molecule has 0 amide bonds. The van der Waals surface area contributed by atoms with Gasteiger partial charge < -0.3 is 0 Å². The molecule has 0 saturated heterocycles. The minimum Gasteiger partial charge on any atom is -0.248 e. The molecule has 1 saturated carbocycles. The van der Waals surface area contributed by atoms with Crippen molar-refractivity contribution in [2.24, 2.45) is 0 Å². The number of nitrogens with zero attached hydrogens (tertiary/aromatic N) is 3.